The Hall–Kier alpha value is -0.200. The quantitative estimate of drug-likeness (QED) is 0.844. The molecule has 0 spiro atoms. The molecule has 1 aromatic carbocycles. The van der Waals surface area contributed by atoms with Crippen molar-refractivity contribution in [3.05, 3.63) is 33.1 Å². The van der Waals surface area contributed by atoms with Crippen LogP contribution in [0.3, 0.4) is 0 Å². The lowest BCUT2D eigenvalue weighted by Crippen LogP contribution is -2.28. The lowest BCUT2D eigenvalue weighted by molar-refractivity contribution is 0.0580. The molecule has 0 bridgehead atoms. The Morgan fingerprint density at radius 2 is 2.06 bits per heavy atom. The number of rotatable bonds is 2. The van der Waals surface area contributed by atoms with Gasteiger partial charge in [0.1, 0.15) is 5.82 Å². The predicted octanol–water partition coefficient (Wildman–Crippen LogP) is 2.86. The molecule has 16 heavy (non-hydrogen) atoms. The van der Waals surface area contributed by atoms with Gasteiger partial charge in [0.25, 0.3) is 0 Å². The van der Waals surface area contributed by atoms with Gasteiger partial charge >= 0.3 is 0 Å². The second-order valence-electron chi connectivity index (χ2n) is 4.14. The van der Waals surface area contributed by atoms with Crippen molar-refractivity contribution in [2.45, 2.75) is 18.9 Å². The van der Waals surface area contributed by atoms with Crippen molar-refractivity contribution >= 4 is 22.6 Å². The van der Waals surface area contributed by atoms with Gasteiger partial charge in [-0.25, -0.2) is 4.39 Å². The van der Waals surface area contributed by atoms with E-state index in [2.05, 4.69) is 22.6 Å². The van der Waals surface area contributed by atoms with E-state index < -0.39 is 0 Å². The number of hydrogen-bond acceptors (Lipinski definition) is 2. The summed E-state index contributed by atoms with van der Waals surface area (Å²) < 4.78 is 20.0. The molecule has 4 heteroatoms. The maximum absolute atomic E-state index is 13.7. The van der Waals surface area contributed by atoms with Gasteiger partial charge in [-0.05, 0) is 59.5 Å². The van der Waals surface area contributed by atoms with Crippen LogP contribution in [0.5, 0.6) is 0 Å². The highest BCUT2D eigenvalue weighted by Gasteiger charge is 2.24. The van der Waals surface area contributed by atoms with Crippen LogP contribution in [0.1, 0.15) is 24.4 Å². The van der Waals surface area contributed by atoms with Gasteiger partial charge in [0, 0.05) is 28.4 Å². The Bertz CT molecular complexity index is 366. The van der Waals surface area contributed by atoms with E-state index in [9.17, 15) is 4.39 Å². The summed E-state index contributed by atoms with van der Waals surface area (Å²) in [5.41, 5.74) is 6.78. The van der Waals surface area contributed by atoms with Crippen LogP contribution in [-0.2, 0) is 4.74 Å². The van der Waals surface area contributed by atoms with Gasteiger partial charge in [0.15, 0.2) is 0 Å². The Balaban J connectivity index is 2.18. The largest absolute Gasteiger partial charge is 0.381 e. The molecule has 2 nitrogen and oxygen atoms in total. The van der Waals surface area contributed by atoms with E-state index in [-0.39, 0.29) is 11.9 Å². The minimum absolute atomic E-state index is 0.195. The molecule has 1 aromatic rings. The van der Waals surface area contributed by atoms with Crippen LogP contribution in [0.4, 0.5) is 4.39 Å². The van der Waals surface area contributed by atoms with Crippen molar-refractivity contribution in [1.82, 2.24) is 0 Å². The fourth-order valence-electron chi connectivity index (χ4n) is 2.10. The average Bonchev–Trinajstić information content (AvgIpc) is 2.32. The maximum atomic E-state index is 13.7. The fourth-order valence-corrected chi connectivity index (χ4v) is 2.61. The summed E-state index contributed by atoms with van der Waals surface area (Å²) in [5, 5.41) is 0. The van der Waals surface area contributed by atoms with Gasteiger partial charge in [-0.2, -0.15) is 0 Å². The maximum Gasteiger partial charge on any atom is 0.128 e. The second kappa shape index (κ2) is 5.42. The van der Waals surface area contributed by atoms with Crippen LogP contribution in [0.2, 0.25) is 0 Å². The normalized spacial score (nSPS) is 19.7. The highest BCUT2D eigenvalue weighted by Crippen LogP contribution is 2.30. The van der Waals surface area contributed by atoms with E-state index in [1.54, 1.807) is 6.07 Å². The Labute approximate surface area is 108 Å². The van der Waals surface area contributed by atoms with E-state index in [4.69, 9.17) is 10.5 Å². The summed E-state index contributed by atoms with van der Waals surface area (Å²) in [6.45, 7) is 1.48. The van der Waals surface area contributed by atoms with E-state index in [1.165, 1.54) is 6.07 Å². The summed E-state index contributed by atoms with van der Waals surface area (Å²) in [4.78, 5) is 0. The predicted molar refractivity (Wildman–Crippen MR) is 69.6 cm³/mol. The van der Waals surface area contributed by atoms with Crippen molar-refractivity contribution < 1.29 is 9.13 Å². The van der Waals surface area contributed by atoms with Crippen LogP contribution < -0.4 is 5.73 Å². The molecule has 88 valence electrons. The van der Waals surface area contributed by atoms with Gasteiger partial charge in [-0.3, -0.25) is 0 Å². The van der Waals surface area contributed by atoms with Crippen molar-refractivity contribution in [3.8, 4) is 0 Å². The molecule has 1 aliphatic heterocycles. The third kappa shape index (κ3) is 2.73. The van der Waals surface area contributed by atoms with E-state index >= 15 is 0 Å². The van der Waals surface area contributed by atoms with Gasteiger partial charge in [0.05, 0.1) is 0 Å². The standard InChI is InChI=1S/C12H15FINO/c13-11-2-1-9(14)7-10(11)12(15)8-3-5-16-6-4-8/h1-2,7-8,12H,3-6,15H2/t12-/m1/s1. The number of benzene rings is 1. The molecule has 1 saturated heterocycles. The van der Waals surface area contributed by atoms with Gasteiger partial charge in [0.2, 0.25) is 0 Å². The zero-order valence-corrected chi connectivity index (χ0v) is 11.1. The molecule has 1 heterocycles. The van der Waals surface area contributed by atoms with Crippen LogP contribution >= 0.6 is 22.6 Å². The summed E-state index contributed by atoms with van der Waals surface area (Å²) in [6.07, 6.45) is 1.85. The summed E-state index contributed by atoms with van der Waals surface area (Å²) in [5.74, 6) is 0.140. The molecule has 0 aliphatic carbocycles. The first-order valence-corrected chi connectivity index (χ1v) is 6.54. The molecular formula is C12H15FINO. The van der Waals surface area contributed by atoms with Gasteiger partial charge < -0.3 is 10.5 Å². The van der Waals surface area contributed by atoms with Crippen LogP contribution in [0, 0.1) is 15.3 Å². The molecule has 2 rings (SSSR count). The van der Waals surface area contributed by atoms with Crippen molar-refractivity contribution in [2.24, 2.45) is 11.7 Å². The fraction of sp³-hybridized carbons (Fsp3) is 0.500. The third-order valence-corrected chi connectivity index (χ3v) is 3.76. The number of nitrogens with two attached hydrogens (primary N) is 1. The van der Waals surface area contributed by atoms with Crippen LogP contribution in [0.15, 0.2) is 18.2 Å². The Morgan fingerprint density at radius 1 is 1.38 bits per heavy atom. The lowest BCUT2D eigenvalue weighted by atomic mass is 9.87. The monoisotopic (exact) mass is 335 g/mol. The first-order valence-electron chi connectivity index (χ1n) is 5.47. The SMILES string of the molecule is N[C@@H](c1cc(I)ccc1F)C1CCOCC1. The highest BCUT2D eigenvalue weighted by atomic mass is 127. The molecule has 0 amide bonds. The Morgan fingerprint density at radius 3 is 2.75 bits per heavy atom. The molecule has 0 saturated carbocycles. The summed E-state index contributed by atoms with van der Waals surface area (Å²) >= 11 is 2.18. The molecule has 2 N–H and O–H groups in total. The van der Waals surface area contributed by atoms with Gasteiger partial charge in [-0.1, -0.05) is 0 Å². The second-order valence-corrected chi connectivity index (χ2v) is 5.39. The minimum atomic E-state index is -0.210. The molecular weight excluding hydrogens is 320 g/mol. The third-order valence-electron chi connectivity index (χ3n) is 3.09. The summed E-state index contributed by atoms with van der Waals surface area (Å²) in [7, 11) is 0. The molecule has 0 radical (unpaired) electrons. The van der Waals surface area contributed by atoms with E-state index in [0.717, 1.165) is 29.6 Å². The lowest BCUT2D eigenvalue weighted by Gasteiger charge is -2.28. The number of halogens is 2. The van der Waals surface area contributed by atoms with Crippen molar-refractivity contribution in [2.75, 3.05) is 13.2 Å². The number of hydrogen-bond donors (Lipinski definition) is 1. The molecule has 0 aromatic heterocycles. The van der Waals surface area contributed by atoms with E-state index in [0.29, 0.717) is 11.5 Å². The minimum Gasteiger partial charge on any atom is -0.381 e. The molecule has 1 atom stereocenters. The summed E-state index contributed by atoms with van der Waals surface area (Å²) in [6, 6.07) is 4.89. The first-order chi connectivity index (χ1) is 7.68. The highest BCUT2D eigenvalue weighted by molar-refractivity contribution is 14.1. The van der Waals surface area contributed by atoms with E-state index in [1.807, 2.05) is 6.07 Å². The zero-order chi connectivity index (χ0) is 11.5. The van der Waals surface area contributed by atoms with Crippen LogP contribution in [0.25, 0.3) is 0 Å². The van der Waals surface area contributed by atoms with Gasteiger partial charge in [-0.15, -0.1) is 0 Å². The molecule has 1 aliphatic rings. The smallest absolute Gasteiger partial charge is 0.128 e. The van der Waals surface area contributed by atoms with Crippen LogP contribution in [-0.4, -0.2) is 13.2 Å². The average molecular weight is 335 g/mol. The first kappa shape index (κ1) is 12.3. The molecule has 1 fully saturated rings. The Kier molecular flexibility index (Phi) is 4.16. The number of ether oxygens (including phenoxy) is 1. The zero-order valence-electron chi connectivity index (χ0n) is 8.96. The molecule has 0 unspecified atom stereocenters. The topological polar surface area (TPSA) is 35.2 Å². The van der Waals surface area contributed by atoms with Crippen molar-refractivity contribution in [3.63, 3.8) is 0 Å². The van der Waals surface area contributed by atoms with Crippen molar-refractivity contribution in [1.29, 1.82) is 0 Å².